The number of nitrogens with zero attached hydrogens (tertiary/aromatic N) is 1. The van der Waals surface area contributed by atoms with Crippen LogP contribution in [0.3, 0.4) is 0 Å². The number of amides is 2. The fraction of sp³-hybridized carbons (Fsp3) is 0.192. The number of halogens is 1. The van der Waals surface area contributed by atoms with Gasteiger partial charge >= 0.3 is 5.91 Å². The van der Waals surface area contributed by atoms with Crippen molar-refractivity contribution in [2.24, 2.45) is 0 Å². The minimum absolute atomic E-state index is 0.343. The molecule has 1 saturated heterocycles. The van der Waals surface area contributed by atoms with E-state index in [4.69, 9.17) is 25.8 Å². The van der Waals surface area contributed by atoms with Gasteiger partial charge in [-0.05, 0) is 66.7 Å². The van der Waals surface area contributed by atoms with E-state index in [1.807, 2.05) is 30.3 Å². The average molecular weight is 495 g/mol. The Bertz CT molecular complexity index is 1260. The lowest BCUT2D eigenvalue weighted by molar-refractivity contribution is -0.596. The molecule has 0 aliphatic carbocycles. The Labute approximate surface area is 208 Å². The fourth-order valence-corrected chi connectivity index (χ4v) is 4.03. The van der Waals surface area contributed by atoms with Crippen LogP contribution < -0.4 is 25.0 Å². The molecule has 0 bridgehead atoms. The number of hydrogen-bond donors (Lipinski definition) is 2. The Morgan fingerprint density at radius 1 is 0.943 bits per heavy atom. The second-order valence-electron chi connectivity index (χ2n) is 7.80. The van der Waals surface area contributed by atoms with Crippen molar-refractivity contribution in [2.45, 2.75) is 12.1 Å². The summed E-state index contributed by atoms with van der Waals surface area (Å²) in [5.74, 6) is 1.11. The van der Waals surface area contributed by atoms with Gasteiger partial charge in [0.25, 0.3) is 5.91 Å². The smallest absolute Gasteiger partial charge is 0.304 e. The van der Waals surface area contributed by atoms with Crippen LogP contribution in [-0.2, 0) is 4.79 Å². The Hall–Kier alpha value is -4.04. The van der Waals surface area contributed by atoms with Crippen molar-refractivity contribution in [3.8, 4) is 17.2 Å². The topological polar surface area (TPSA) is 88.9 Å². The van der Waals surface area contributed by atoms with Gasteiger partial charge in [-0.25, -0.2) is 0 Å². The molecule has 35 heavy (non-hydrogen) atoms. The molecule has 2 amide bonds. The predicted molar refractivity (Wildman–Crippen MR) is 132 cm³/mol. The summed E-state index contributed by atoms with van der Waals surface area (Å²) >= 11 is 5.94. The first-order valence-corrected chi connectivity index (χ1v) is 11.2. The lowest BCUT2D eigenvalue weighted by atomic mass is 9.99. The van der Waals surface area contributed by atoms with Crippen LogP contribution in [0.2, 0.25) is 5.02 Å². The third-order valence-electron chi connectivity index (χ3n) is 5.68. The van der Waals surface area contributed by atoms with Crippen LogP contribution in [0, 0.1) is 0 Å². The summed E-state index contributed by atoms with van der Waals surface area (Å²) in [7, 11) is 4.71. The molecular weight excluding hydrogens is 470 g/mol. The number of nitrogens with one attached hydrogen (secondary N) is 2. The molecule has 0 aromatic heterocycles. The zero-order valence-electron chi connectivity index (χ0n) is 19.4. The summed E-state index contributed by atoms with van der Waals surface area (Å²) < 4.78 is 17.7. The van der Waals surface area contributed by atoms with E-state index in [1.54, 1.807) is 68.6 Å². The molecule has 1 fully saturated rings. The van der Waals surface area contributed by atoms with E-state index in [0.717, 1.165) is 11.1 Å². The highest BCUT2D eigenvalue weighted by Gasteiger charge is 2.47. The van der Waals surface area contributed by atoms with Crippen LogP contribution in [0.4, 0.5) is 0 Å². The van der Waals surface area contributed by atoms with E-state index in [-0.39, 0.29) is 11.8 Å². The van der Waals surface area contributed by atoms with Crippen molar-refractivity contribution in [1.82, 2.24) is 10.7 Å². The predicted octanol–water partition coefficient (Wildman–Crippen LogP) is 3.38. The highest BCUT2D eigenvalue weighted by molar-refractivity contribution is 6.30. The molecular formula is C26H25ClN3O5+. The van der Waals surface area contributed by atoms with E-state index in [9.17, 15) is 9.59 Å². The number of ether oxygens (including phenoxy) is 3. The second-order valence-corrected chi connectivity index (χ2v) is 8.24. The first-order valence-electron chi connectivity index (χ1n) is 10.8. The molecule has 0 spiro atoms. The van der Waals surface area contributed by atoms with E-state index >= 15 is 0 Å². The molecule has 2 N–H and O–H groups in total. The van der Waals surface area contributed by atoms with Gasteiger partial charge < -0.3 is 19.5 Å². The highest BCUT2D eigenvalue weighted by Crippen LogP contribution is 2.29. The zero-order valence-corrected chi connectivity index (χ0v) is 20.2. The maximum atomic E-state index is 13.0. The summed E-state index contributed by atoms with van der Waals surface area (Å²) in [6.45, 7) is 0. The van der Waals surface area contributed by atoms with E-state index < -0.39 is 12.1 Å². The summed E-state index contributed by atoms with van der Waals surface area (Å²) in [6.07, 6.45) is 1.78. The van der Waals surface area contributed by atoms with Crippen molar-refractivity contribution >= 4 is 29.6 Å². The first kappa shape index (κ1) is 24.1. The average Bonchev–Trinajstić information content (AvgIpc) is 3.18. The van der Waals surface area contributed by atoms with Crippen LogP contribution in [0.15, 0.2) is 66.7 Å². The van der Waals surface area contributed by atoms with Gasteiger partial charge in [-0.15, -0.1) is 10.1 Å². The monoisotopic (exact) mass is 494 g/mol. The van der Waals surface area contributed by atoms with Gasteiger partial charge in [0.1, 0.15) is 5.75 Å². The molecule has 1 aliphatic rings. The Morgan fingerprint density at radius 3 is 2.26 bits per heavy atom. The SMILES string of the molecule is COc1ccc([C@H]2[C@H](NC(=O)c3ccc(Cl)cc3)C(=O)N/[N+]2=C\c2ccc(OC)c(OC)c2)cc1. The lowest BCUT2D eigenvalue weighted by Crippen LogP contribution is -2.42. The normalized spacial score (nSPS) is 18.2. The molecule has 2 atom stereocenters. The zero-order chi connectivity index (χ0) is 24.9. The highest BCUT2D eigenvalue weighted by atomic mass is 35.5. The Balaban J connectivity index is 1.71. The molecule has 0 radical (unpaired) electrons. The van der Waals surface area contributed by atoms with Crippen LogP contribution >= 0.6 is 11.6 Å². The van der Waals surface area contributed by atoms with Crippen molar-refractivity contribution in [3.05, 3.63) is 88.4 Å². The number of methoxy groups -OCH3 is 3. The van der Waals surface area contributed by atoms with Crippen LogP contribution in [0.5, 0.6) is 17.2 Å². The molecule has 0 unspecified atom stereocenters. The van der Waals surface area contributed by atoms with E-state index in [2.05, 4.69) is 10.7 Å². The fourth-order valence-electron chi connectivity index (χ4n) is 3.90. The molecule has 4 rings (SSSR count). The Kier molecular flexibility index (Phi) is 7.22. The van der Waals surface area contributed by atoms with Gasteiger partial charge in [-0.1, -0.05) is 11.6 Å². The van der Waals surface area contributed by atoms with Gasteiger partial charge in [-0.3, -0.25) is 9.59 Å². The molecule has 180 valence electrons. The summed E-state index contributed by atoms with van der Waals surface area (Å²) in [4.78, 5) is 26.0. The maximum Gasteiger partial charge on any atom is 0.304 e. The van der Waals surface area contributed by atoms with Gasteiger partial charge in [0.2, 0.25) is 12.3 Å². The van der Waals surface area contributed by atoms with Crippen LogP contribution in [-0.4, -0.2) is 50.1 Å². The van der Waals surface area contributed by atoms with Crippen LogP contribution in [0.1, 0.15) is 27.5 Å². The molecule has 3 aromatic carbocycles. The third-order valence-corrected chi connectivity index (χ3v) is 5.94. The third kappa shape index (κ3) is 5.22. The number of hydrogen-bond acceptors (Lipinski definition) is 5. The largest absolute Gasteiger partial charge is 0.497 e. The van der Waals surface area contributed by atoms with Crippen molar-refractivity contribution < 1.29 is 28.5 Å². The number of hydrazone groups is 1. The quantitative estimate of drug-likeness (QED) is 0.492. The summed E-state index contributed by atoms with van der Waals surface area (Å²) in [5, 5.41) is 3.39. The number of benzene rings is 3. The maximum absolute atomic E-state index is 13.0. The lowest BCUT2D eigenvalue weighted by Gasteiger charge is -2.15. The minimum Gasteiger partial charge on any atom is -0.497 e. The molecule has 3 aromatic rings. The van der Waals surface area contributed by atoms with Gasteiger partial charge in [-0.2, -0.15) is 0 Å². The molecule has 1 aliphatic heterocycles. The van der Waals surface area contributed by atoms with Gasteiger partial charge in [0, 0.05) is 21.7 Å². The van der Waals surface area contributed by atoms with Crippen molar-refractivity contribution in [3.63, 3.8) is 0 Å². The molecule has 0 saturated carbocycles. The molecule has 8 nitrogen and oxygen atoms in total. The second kappa shape index (κ2) is 10.5. The van der Waals surface area contributed by atoms with Crippen molar-refractivity contribution in [2.75, 3.05) is 21.3 Å². The standard InChI is InChI=1S/C26H24ClN3O5/c1-33-20-11-7-17(8-12-20)24-23(28-25(31)18-5-9-19(27)10-6-18)26(32)29-30(24)15-16-4-13-21(34-2)22(14-16)35-3/h4-15,23-24H,1-3H3,(H-,28,29,31,32)/p+1/b30-15-/t23-,24-/m0/s1. The van der Waals surface area contributed by atoms with E-state index in [1.165, 1.54) is 0 Å². The summed E-state index contributed by atoms with van der Waals surface area (Å²) in [6, 6.07) is 17.9. The Morgan fingerprint density at radius 2 is 1.63 bits per heavy atom. The first-order chi connectivity index (χ1) is 16.9. The van der Waals surface area contributed by atoms with Gasteiger partial charge in [0.15, 0.2) is 17.5 Å². The van der Waals surface area contributed by atoms with E-state index in [0.29, 0.717) is 27.8 Å². The van der Waals surface area contributed by atoms with Crippen LogP contribution in [0.25, 0.3) is 0 Å². The number of carbonyl (C=O) groups excluding carboxylic acids is 2. The number of rotatable bonds is 7. The minimum atomic E-state index is -0.858. The number of carbonyl (C=O) groups is 2. The molecule has 1 heterocycles. The molecule has 9 heteroatoms. The van der Waals surface area contributed by atoms with Crippen molar-refractivity contribution in [1.29, 1.82) is 0 Å². The van der Waals surface area contributed by atoms with Gasteiger partial charge in [0.05, 0.1) is 21.3 Å². The summed E-state index contributed by atoms with van der Waals surface area (Å²) in [5.41, 5.74) is 4.84. The number of hydrazine groups is 1.